The third-order valence-corrected chi connectivity index (χ3v) is 3.19. The highest BCUT2D eigenvalue weighted by atomic mass is 35.5. The monoisotopic (exact) mass is 232 g/mol. The molecule has 0 saturated heterocycles. The Kier molecular flexibility index (Phi) is 4.04. The van der Waals surface area contributed by atoms with E-state index >= 15 is 0 Å². The van der Waals surface area contributed by atoms with Gasteiger partial charge in [-0.2, -0.15) is 0 Å². The van der Waals surface area contributed by atoms with Crippen LogP contribution < -0.4 is 5.73 Å². The molecular weight excluding hydrogens is 220 g/mol. The second-order valence-corrected chi connectivity index (χ2v) is 4.91. The van der Waals surface area contributed by atoms with Crippen molar-refractivity contribution in [1.82, 2.24) is 4.98 Å². The number of pyridine rings is 1. The number of hydrogen-bond acceptors (Lipinski definition) is 4. The number of nitrogens with two attached hydrogens (primary N) is 1. The first kappa shape index (κ1) is 11.6. The fourth-order valence-electron chi connectivity index (χ4n) is 0.841. The van der Waals surface area contributed by atoms with Gasteiger partial charge in [0, 0.05) is 10.9 Å². The number of nitrogens with zero attached hydrogens (tertiary/aromatic N) is 1. The normalized spacial score (nSPS) is 15.1. The van der Waals surface area contributed by atoms with Crippen LogP contribution in [0.4, 0.5) is 5.69 Å². The van der Waals surface area contributed by atoms with Gasteiger partial charge in [-0.15, -0.1) is 11.8 Å². The van der Waals surface area contributed by atoms with Crippen LogP contribution in [0.1, 0.15) is 13.8 Å². The predicted molar refractivity (Wildman–Crippen MR) is 60.7 cm³/mol. The quantitative estimate of drug-likeness (QED) is 0.620. The first-order valence-electron chi connectivity index (χ1n) is 4.27. The van der Waals surface area contributed by atoms with Crippen LogP contribution in [0.3, 0.4) is 0 Å². The standard InChI is InChI=1S/C9H13ClN2OS/c1-5(13)6(2)14-9-4-7(11)3-8(10)12-9/h3-6,13H,1-2H3,(H2,11,12). The average Bonchev–Trinajstić information content (AvgIpc) is 2.01. The predicted octanol–water partition coefficient (Wildman–Crippen LogP) is 2.18. The van der Waals surface area contributed by atoms with E-state index in [4.69, 9.17) is 17.3 Å². The molecule has 1 aromatic heterocycles. The molecule has 3 nitrogen and oxygen atoms in total. The Hall–Kier alpha value is -0.450. The number of rotatable bonds is 3. The lowest BCUT2D eigenvalue weighted by Crippen LogP contribution is -2.15. The summed E-state index contributed by atoms with van der Waals surface area (Å²) in [7, 11) is 0. The summed E-state index contributed by atoms with van der Waals surface area (Å²) in [5.74, 6) is 0. The van der Waals surface area contributed by atoms with Crippen molar-refractivity contribution in [2.24, 2.45) is 0 Å². The summed E-state index contributed by atoms with van der Waals surface area (Å²) in [6.45, 7) is 3.67. The molecular formula is C9H13ClN2OS. The van der Waals surface area contributed by atoms with Crippen molar-refractivity contribution in [3.63, 3.8) is 0 Å². The van der Waals surface area contributed by atoms with E-state index in [1.54, 1.807) is 19.1 Å². The number of nitrogen functional groups attached to an aromatic ring is 1. The van der Waals surface area contributed by atoms with Gasteiger partial charge in [0.25, 0.3) is 0 Å². The number of anilines is 1. The number of hydrogen-bond donors (Lipinski definition) is 2. The number of halogens is 1. The van der Waals surface area contributed by atoms with Gasteiger partial charge in [-0.05, 0) is 19.1 Å². The van der Waals surface area contributed by atoms with Crippen molar-refractivity contribution in [3.05, 3.63) is 17.3 Å². The number of aliphatic hydroxyl groups is 1. The molecule has 0 bridgehead atoms. The van der Waals surface area contributed by atoms with Crippen molar-refractivity contribution in [2.75, 3.05) is 5.73 Å². The molecule has 2 unspecified atom stereocenters. The molecule has 0 radical (unpaired) electrons. The van der Waals surface area contributed by atoms with Gasteiger partial charge in [0.2, 0.25) is 0 Å². The summed E-state index contributed by atoms with van der Waals surface area (Å²) < 4.78 is 0. The lowest BCUT2D eigenvalue weighted by molar-refractivity contribution is 0.196. The maximum atomic E-state index is 9.31. The summed E-state index contributed by atoms with van der Waals surface area (Å²) in [4.78, 5) is 4.09. The molecule has 14 heavy (non-hydrogen) atoms. The molecule has 0 spiro atoms. The van der Waals surface area contributed by atoms with E-state index < -0.39 is 0 Å². The van der Waals surface area contributed by atoms with E-state index in [1.807, 2.05) is 6.92 Å². The fraction of sp³-hybridized carbons (Fsp3) is 0.444. The van der Waals surface area contributed by atoms with Crippen LogP contribution in [0, 0.1) is 0 Å². The summed E-state index contributed by atoms with van der Waals surface area (Å²) >= 11 is 7.20. The summed E-state index contributed by atoms with van der Waals surface area (Å²) in [5.41, 5.74) is 6.20. The topological polar surface area (TPSA) is 59.1 Å². The SMILES string of the molecule is CC(O)C(C)Sc1cc(N)cc(Cl)n1. The Balaban J connectivity index is 2.76. The Morgan fingerprint density at radius 1 is 1.50 bits per heavy atom. The van der Waals surface area contributed by atoms with Gasteiger partial charge in [-0.1, -0.05) is 18.5 Å². The van der Waals surface area contributed by atoms with Crippen molar-refractivity contribution in [3.8, 4) is 0 Å². The molecule has 78 valence electrons. The highest BCUT2D eigenvalue weighted by molar-refractivity contribution is 7.99. The van der Waals surface area contributed by atoms with Crippen LogP contribution in [0.2, 0.25) is 5.15 Å². The average molecular weight is 233 g/mol. The van der Waals surface area contributed by atoms with E-state index in [-0.39, 0.29) is 11.4 Å². The minimum absolute atomic E-state index is 0.0698. The minimum atomic E-state index is -0.387. The maximum Gasteiger partial charge on any atom is 0.132 e. The summed E-state index contributed by atoms with van der Waals surface area (Å²) in [6.07, 6.45) is -0.387. The maximum absolute atomic E-state index is 9.31. The Bertz CT molecular complexity index is 299. The zero-order valence-electron chi connectivity index (χ0n) is 8.07. The van der Waals surface area contributed by atoms with Gasteiger partial charge in [0.15, 0.2) is 0 Å². The van der Waals surface area contributed by atoms with Crippen LogP contribution in [-0.2, 0) is 0 Å². The van der Waals surface area contributed by atoms with Gasteiger partial charge in [-0.3, -0.25) is 0 Å². The lowest BCUT2D eigenvalue weighted by Gasteiger charge is -2.13. The van der Waals surface area contributed by atoms with Crippen molar-refractivity contribution >= 4 is 29.1 Å². The van der Waals surface area contributed by atoms with E-state index in [9.17, 15) is 5.11 Å². The fourth-order valence-corrected chi connectivity index (χ4v) is 2.04. The Labute approximate surface area is 92.7 Å². The number of thioether (sulfide) groups is 1. The molecule has 0 fully saturated rings. The van der Waals surface area contributed by atoms with E-state index in [0.29, 0.717) is 10.8 Å². The molecule has 0 amide bonds. The van der Waals surface area contributed by atoms with Crippen LogP contribution in [0.15, 0.2) is 17.2 Å². The Morgan fingerprint density at radius 2 is 2.14 bits per heavy atom. The first-order chi connectivity index (χ1) is 6.49. The zero-order valence-corrected chi connectivity index (χ0v) is 9.64. The van der Waals surface area contributed by atoms with Crippen molar-refractivity contribution in [1.29, 1.82) is 0 Å². The lowest BCUT2D eigenvalue weighted by atomic mass is 10.3. The molecule has 1 rings (SSSR count). The second-order valence-electron chi connectivity index (χ2n) is 3.13. The molecule has 1 heterocycles. The molecule has 0 aliphatic heterocycles. The summed E-state index contributed by atoms with van der Waals surface area (Å²) in [5, 5.41) is 10.5. The first-order valence-corrected chi connectivity index (χ1v) is 5.52. The highest BCUT2D eigenvalue weighted by Crippen LogP contribution is 2.26. The third-order valence-electron chi connectivity index (χ3n) is 1.78. The van der Waals surface area contributed by atoms with Gasteiger partial charge in [0.05, 0.1) is 6.10 Å². The van der Waals surface area contributed by atoms with Crippen LogP contribution >= 0.6 is 23.4 Å². The number of aliphatic hydroxyl groups excluding tert-OH is 1. The van der Waals surface area contributed by atoms with Crippen molar-refractivity contribution < 1.29 is 5.11 Å². The van der Waals surface area contributed by atoms with E-state index in [1.165, 1.54) is 11.8 Å². The van der Waals surface area contributed by atoms with Gasteiger partial charge in [0.1, 0.15) is 10.2 Å². The molecule has 5 heteroatoms. The van der Waals surface area contributed by atoms with Crippen LogP contribution in [-0.4, -0.2) is 21.4 Å². The molecule has 3 N–H and O–H groups in total. The molecule has 0 saturated carbocycles. The molecule has 1 aromatic rings. The molecule has 0 aromatic carbocycles. The summed E-state index contributed by atoms with van der Waals surface area (Å²) in [6, 6.07) is 3.34. The van der Waals surface area contributed by atoms with Gasteiger partial charge >= 0.3 is 0 Å². The minimum Gasteiger partial charge on any atom is -0.399 e. The smallest absolute Gasteiger partial charge is 0.132 e. The second kappa shape index (κ2) is 4.87. The number of aromatic nitrogens is 1. The Morgan fingerprint density at radius 3 is 2.64 bits per heavy atom. The zero-order chi connectivity index (χ0) is 10.7. The molecule has 2 atom stereocenters. The van der Waals surface area contributed by atoms with Crippen molar-refractivity contribution in [2.45, 2.75) is 30.2 Å². The van der Waals surface area contributed by atoms with Crippen LogP contribution in [0.25, 0.3) is 0 Å². The molecule has 0 aliphatic rings. The van der Waals surface area contributed by atoms with Gasteiger partial charge < -0.3 is 10.8 Å². The van der Waals surface area contributed by atoms with E-state index in [2.05, 4.69) is 4.98 Å². The molecule has 0 aliphatic carbocycles. The third kappa shape index (κ3) is 3.36. The van der Waals surface area contributed by atoms with Gasteiger partial charge in [-0.25, -0.2) is 4.98 Å². The van der Waals surface area contributed by atoms with E-state index in [0.717, 1.165) is 5.03 Å². The highest BCUT2D eigenvalue weighted by Gasteiger charge is 2.11. The largest absolute Gasteiger partial charge is 0.399 e. The van der Waals surface area contributed by atoms with Crippen LogP contribution in [0.5, 0.6) is 0 Å².